The molecule has 22 heavy (non-hydrogen) atoms. The third-order valence-electron chi connectivity index (χ3n) is 4.02. The molecule has 1 unspecified atom stereocenters. The van der Waals surface area contributed by atoms with Gasteiger partial charge in [-0.3, -0.25) is 9.59 Å². The van der Waals surface area contributed by atoms with E-state index in [2.05, 4.69) is 0 Å². The maximum absolute atomic E-state index is 12.7. The Morgan fingerprint density at radius 3 is 2.64 bits per heavy atom. The van der Waals surface area contributed by atoms with Crippen LogP contribution >= 0.6 is 0 Å². The Hall–Kier alpha value is -2.56. The minimum Gasteiger partial charge on any atom is -0.481 e. The minimum atomic E-state index is -0.919. The largest absolute Gasteiger partial charge is 0.481 e. The van der Waals surface area contributed by atoms with Crippen LogP contribution in [0.4, 0.5) is 0 Å². The van der Waals surface area contributed by atoms with E-state index in [0.29, 0.717) is 18.1 Å². The number of rotatable bonds is 2. The molecule has 114 valence electrons. The monoisotopic (exact) mass is 299 g/mol. The van der Waals surface area contributed by atoms with E-state index in [0.717, 1.165) is 16.7 Å². The lowest BCUT2D eigenvalue weighted by Gasteiger charge is -2.32. The summed E-state index contributed by atoms with van der Waals surface area (Å²) in [4.78, 5) is 25.7. The van der Waals surface area contributed by atoms with Gasteiger partial charge in [-0.25, -0.2) is 0 Å². The Bertz CT molecular complexity index is 747. The van der Waals surface area contributed by atoms with E-state index >= 15 is 0 Å². The molecular weight excluding hydrogens is 282 g/mol. The molecule has 1 aliphatic rings. The summed E-state index contributed by atoms with van der Waals surface area (Å²) in [6, 6.07) is 9.17. The standard InChI is InChI=1S/C17H17NO4/c1-10-7-11(2)22-15(10)16(19)18-8-12-5-3-4-6-13(12)14(9-18)17(20)21/h3-7,14H,8-9H2,1-2H3,(H,20,21). The van der Waals surface area contributed by atoms with E-state index in [1.807, 2.05) is 31.2 Å². The number of nitrogens with zero attached hydrogens (tertiary/aromatic N) is 1. The lowest BCUT2D eigenvalue weighted by molar-refractivity contribution is -0.139. The van der Waals surface area contributed by atoms with Crippen LogP contribution in [0.5, 0.6) is 0 Å². The van der Waals surface area contributed by atoms with Crippen molar-refractivity contribution in [3.05, 3.63) is 58.5 Å². The molecule has 5 nitrogen and oxygen atoms in total. The number of carboxylic acid groups (broad SMARTS) is 1. The van der Waals surface area contributed by atoms with Gasteiger partial charge in [0, 0.05) is 18.7 Å². The first-order valence-electron chi connectivity index (χ1n) is 7.14. The second-order valence-electron chi connectivity index (χ2n) is 5.64. The van der Waals surface area contributed by atoms with Crippen LogP contribution in [-0.4, -0.2) is 28.4 Å². The summed E-state index contributed by atoms with van der Waals surface area (Å²) in [5.41, 5.74) is 2.43. The number of furan rings is 1. The number of aliphatic carboxylic acids is 1. The average molecular weight is 299 g/mol. The second kappa shape index (κ2) is 5.33. The zero-order chi connectivity index (χ0) is 15.9. The van der Waals surface area contributed by atoms with Crippen LogP contribution in [0, 0.1) is 13.8 Å². The molecule has 1 atom stereocenters. The van der Waals surface area contributed by atoms with Crippen LogP contribution < -0.4 is 0 Å². The second-order valence-corrected chi connectivity index (χ2v) is 5.64. The van der Waals surface area contributed by atoms with Gasteiger partial charge in [0.05, 0.1) is 5.92 Å². The van der Waals surface area contributed by atoms with Crippen LogP contribution in [0.15, 0.2) is 34.7 Å². The highest BCUT2D eigenvalue weighted by Crippen LogP contribution is 2.30. The van der Waals surface area contributed by atoms with Crippen molar-refractivity contribution in [2.45, 2.75) is 26.3 Å². The number of fused-ring (bicyclic) bond motifs is 1. The summed E-state index contributed by atoms with van der Waals surface area (Å²) in [5, 5.41) is 9.45. The van der Waals surface area contributed by atoms with Gasteiger partial charge in [0.1, 0.15) is 5.76 Å². The molecule has 1 amide bonds. The Kier molecular flexibility index (Phi) is 3.48. The van der Waals surface area contributed by atoms with E-state index in [9.17, 15) is 14.7 Å². The van der Waals surface area contributed by atoms with E-state index < -0.39 is 11.9 Å². The van der Waals surface area contributed by atoms with E-state index in [-0.39, 0.29) is 12.5 Å². The first-order valence-corrected chi connectivity index (χ1v) is 7.14. The predicted molar refractivity (Wildman–Crippen MR) is 79.7 cm³/mol. The summed E-state index contributed by atoms with van der Waals surface area (Å²) in [6.45, 7) is 4.16. The van der Waals surface area contributed by atoms with Crippen LogP contribution in [-0.2, 0) is 11.3 Å². The summed E-state index contributed by atoms with van der Waals surface area (Å²) in [6.07, 6.45) is 0. The molecular formula is C17H17NO4. The summed E-state index contributed by atoms with van der Waals surface area (Å²) < 4.78 is 5.47. The number of amides is 1. The van der Waals surface area contributed by atoms with Crippen molar-refractivity contribution in [2.75, 3.05) is 6.54 Å². The number of carboxylic acids is 1. The van der Waals surface area contributed by atoms with Crippen LogP contribution in [0.25, 0.3) is 0 Å². The Morgan fingerprint density at radius 2 is 2.00 bits per heavy atom. The lowest BCUT2D eigenvalue weighted by atomic mass is 9.89. The van der Waals surface area contributed by atoms with Crippen LogP contribution in [0.2, 0.25) is 0 Å². The van der Waals surface area contributed by atoms with Crippen LogP contribution in [0.3, 0.4) is 0 Å². The van der Waals surface area contributed by atoms with Gasteiger partial charge in [-0.05, 0) is 31.0 Å². The first-order chi connectivity index (χ1) is 10.5. The predicted octanol–water partition coefficient (Wildman–Crippen LogP) is 2.72. The third-order valence-corrected chi connectivity index (χ3v) is 4.02. The van der Waals surface area contributed by atoms with Crippen molar-refractivity contribution in [1.82, 2.24) is 4.90 Å². The zero-order valence-corrected chi connectivity index (χ0v) is 12.5. The Balaban J connectivity index is 1.95. The van der Waals surface area contributed by atoms with Gasteiger partial charge in [0.2, 0.25) is 0 Å². The van der Waals surface area contributed by atoms with Crippen molar-refractivity contribution >= 4 is 11.9 Å². The molecule has 5 heteroatoms. The van der Waals surface area contributed by atoms with Gasteiger partial charge in [0.15, 0.2) is 5.76 Å². The number of carbonyl (C=O) groups is 2. The fraction of sp³-hybridized carbons (Fsp3) is 0.294. The number of aryl methyl sites for hydroxylation is 2. The molecule has 1 aromatic carbocycles. The van der Waals surface area contributed by atoms with Gasteiger partial charge in [0.25, 0.3) is 5.91 Å². The number of carbonyl (C=O) groups excluding carboxylic acids is 1. The molecule has 0 radical (unpaired) electrons. The molecule has 1 aliphatic heterocycles. The Morgan fingerprint density at radius 1 is 1.27 bits per heavy atom. The van der Waals surface area contributed by atoms with Gasteiger partial charge in [-0.2, -0.15) is 0 Å². The molecule has 1 N–H and O–H groups in total. The summed E-state index contributed by atoms with van der Waals surface area (Å²) >= 11 is 0. The quantitative estimate of drug-likeness (QED) is 0.925. The topological polar surface area (TPSA) is 70.8 Å². The number of benzene rings is 1. The third kappa shape index (κ3) is 2.39. The molecule has 0 saturated heterocycles. The molecule has 0 fully saturated rings. The molecule has 2 heterocycles. The van der Waals surface area contributed by atoms with Crippen molar-refractivity contribution < 1.29 is 19.1 Å². The van der Waals surface area contributed by atoms with Gasteiger partial charge >= 0.3 is 5.97 Å². The Labute approximate surface area is 128 Å². The SMILES string of the molecule is Cc1cc(C)c(C(=O)N2Cc3ccccc3C(C(=O)O)C2)o1. The van der Waals surface area contributed by atoms with E-state index in [1.165, 1.54) is 0 Å². The summed E-state index contributed by atoms with van der Waals surface area (Å²) in [5.74, 6) is -0.914. The lowest BCUT2D eigenvalue weighted by Crippen LogP contribution is -2.40. The van der Waals surface area contributed by atoms with Gasteiger partial charge in [-0.1, -0.05) is 24.3 Å². The maximum atomic E-state index is 12.7. The van der Waals surface area contributed by atoms with Gasteiger partial charge < -0.3 is 14.4 Å². The van der Waals surface area contributed by atoms with Crippen molar-refractivity contribution in [2.24, 2.45) is 0 Å². The van der Waals surface area contributed by atoms with Crippen molar-refractivity contribution in [3.63, 3.8) is 0 Å². The zero-order valence-electron chi connectivity index (χ0n) is 12.5. The molecule has 0 spiro atoms. The average Bonchev–Trinajstić information content (AvgIpc) is 2.83. The normalized spacial score (nSPS) is 17.2. The highest BCUT2D eigenvalue weighted by atomic mass is 16.4. The molecule has 3 rings (SSSR count). The first kappa shape index (κ1) is 14.4. The van der Waals surface area contributed by atoms with Gasteiger partial charge in [-0.15, -0.1) is 0 Å². The van der Waals surface area contributed by atoms with Crippen molar-refractivity contribution in [3.8, 4) is 0 Å². The smallest absolute Gasteiger partial charge is 0.312 e. The highest BCUT2D eigenvalue weighted by molar-refractivity contribution is 5.94. The molecule has 0 aliphatic carbocycles. The molecule has 2 aromatic rings. The minimum absolute atomic E-state index is 0.157. The maximum Gasteiger partial charge on any atom is 0.312 e. The van der Waals surface area contributed by atoms with E-state index in [4.69, 9.17) is 4.42 Å². The summed E-state index contributed by atoms with van der Waals surface area (Å²) in [7, 11) is 0. The molecule has 0 bridgehead atoms. The fourth-order valence-electron chi connectivity index (χ4n) is 2.97. The van der Waals surface area contributed by atoms with Crippen molar-refractivity contribution in [1.29, 1.82) is 0 Å². The molecule has 0 saturated carbocycles. The highest BCUT2D eigenvalue weighted by Gasteiger charge is 2.34. The number of hydrogen-bond acceptors (Lipinski definition) is 3. The number of hydrogen-bond donors (Lipinski definition) is 1. The van der Waals surface area contributed by atoms with E-state index in [1.54, 1.807) is 17.9 Å². The molecule has 1 aromatic heterocycles. The fourth-order valence-corrected chi connectivity index (χ4v) is 2.97. The van der Waals surface area contributed by atoms with Crippen LogP contribution in [0.1, 0.15) is 38.9 Å².